The molecule has 3 aromatic carbocycles. The van der Waals surface area contributed by atoms with E-state index < -0.39 is 0 Å². The molecule has 32 heavy (non-hydrogen) atoms. The van der Waals surface area contributed by atoms with Gasteiger partial charge < -0.3 is 14.8 Å². The minimum absolute atomic E-state index is 0.144. The topological polar surface area (TPSA) is 73.3 Å². The van der Waals surface area contributed by atoms with Crippen molar-refractivity contribution in [2.45, 2.75) is 0 Å². The van der Waals surface area contributed by atoms with Gasteiger partial charge in [0.2, 0.25) is 5.88 Å². The Hall–Kier alpha value is -4.19. The van der Waals surface area contributed by atoms with Gasteiger partial charge in [0.05, 0.1) is 19.3 Å². The third kappa shape index (κ3) is 5.29. The molecule has 0 aliphatic rings. The molecule has 1 aromatic heterocycles. The van der Waals surface area contributed by atoms with E-state index in [1.165, 1.54) is 0 Å². The molecule has 4 rings (SSSR count). The van der Waals surface area contributed by atoms with Crippen LogP contribution in [-0.4, -0.2) is 36.4 Å². The molecule has 1 amide bonds. The average Bonchev–Trinajstić information content (AvgIpc) is 2.87. The lowest BCUT2D eigenvalue weighted by Gasteiger charge is -2.08. The Morgan fingerprint density at radius 1 is 0.781 bits per heavy atom. The first-order valence-corrected chi connectivity index (χ1v) is 10.3. The Balaban J connectivity index is 1.24. The summed E-state index contributed by atoms with van der Waals surface area (Å²) in [7, 11) is 1.63. The minimum Gasteiger partial charge on any atom is -0.497 e. The Kier molecular flexibility index (Phi) is 6.72. The van der Waals surface area contributed by atoms with E-state index in [4.69, 9.17) is 9.47 Å². The summed E-state index contributed by atoms with van der Waals surface area (Å²) in [5.74, 6) is 1.05. The highest BCUT2D eigenvalue weighted by Gasteiger charge is 2.06. The largest absolute Gasteiger partial charge is 0.497 e. The van der Waals surface area contributed by atoms with E-state index in [1.54, 1.807) is 13.2 Å². The standard InChI is InChI=1S/C26H23N3O3/c1-31-23-13-11-21(12-14-23)24-15-16-25(29-28-24)32-18-17-27-26(30)22-9-7-20(8-10-22)19-5-3-2-4-6-19/h2-16H,17-18H2,1H3,(H,27,30). The van der Waals surface area contributed by atoms with Crippen LogP contribution < -0.4 is 14.8 Å². The van der Waals surface area contributed by atoms with Gasteiger partial charge in [0.25, 0.3) is 5.91 Å². The Morgan fingerprint density at radius 2 is 1.47 bits per heavy atom. The van der Waals surface area contributed by atoms with E-state index in [0.717, 1.165) is 28.1 Å². The summed E-state index contributed by atoms with van der Waals surface area (Å²) >= 11 is 0. The van der Waals surface area contributed by atoms with Crippen molar-refractivity contribution in [3.05, 3.63) is 96.6 Å². The molecule has 0 saturated heterocycles. The zero-order valence-electron chi connectivity index (χ0n) is 17.7. The van der Waals surface area contributed by atoms with E-state index in [-0.39, 0.29) is 5.91 Å². The number of hydrogen-bond acceptors (Lipinski definition) is 5. The van der Waals surface area contributed by atoms with Gasteiger partial charge in [0, 0.05) is 17.2 Å². The SMILES string of the molecule is COc1ccc(-c2ccc(OCCNC(=O)c3ccc(-c4ccccc4)cc3)nn2)cc1. The average molecular weight is 425 g/mol. The van der Waals surface area contributed by atoms with Crippen LogP contribution in [-0.2, 0) is 0 Å². The normalized spacial score (nSPS) is 10.4. The maximum atomic E-state index is 12.3. The van der Waals surface area contributed by atoms with Crippen molar-refractivity contribution in [1.82, 2.24) is 15.5 Å². The van der Waals surface area contributed by atoms with E-state index in [2.05, 4.69) is 15.5 Å². The van der Waals surface area contributed by atoms with Crippen LogP contribution >= 0.6 is 0 Å². The second kappa shape index (κ2) is 10.2. The van der Waals surface area contributed by atoms with Gasteiger partial charge >= 0.3 is 0 Å². The van der Waals surface area contributed by atoms with Crippen LogP contribution in [0.2, 0.25) is 0 Å². The van der Waals surface area contributed by atoms with Crippen molar-refractivity contribution in [1.29, 1.82) is 0 Å². The second-order valence-electron chi connectivity index (χ2n) is 7.03. The number of nitrogens with zero attached hydrogens (tertiary/aromatic N) is 2. The molecule has 6 heteroatoms. The minimum atomic E-state index is -0.144. The zero-order chi connectivity index (χ0) is 22.2. The first-order valence-electron chi connectivity index (χ1n) is 10.3. The first kappa shape index (κ1) is 21.1. The lowest BCUT2D eigenvalue weighted by molar-refractivity contribution is 0.0946. The predicted octanol–water partition coefficient (Wildman–Crippen LogP) is 4.63. The fourth-order valence-electron chi connectivity index (χ4n) is 3.18. The van der Waals surface area contributed by atoms with Gasteiger partial charge in [-0.15, -0.1) is 10.2 Å². The molecule has 0 unspecified atom stereocenters. The summed E-state index contributed by atoms with van der Waals surface area (Å²) < 4.78 is 10.7. The van der Waals surface area contributed by atoms with Crippen LogP contribution in [0.1, 0.15) is 10.4 Å². The number of carbonyl (C=O) groups is 1. The molecular weight excluding hydrogens is 402 g/mol. The fraction of sp³-hybridized carbons (Fsp3) is 0.115. The van der Waals surface area contributed by atoms with Crippen LogP contribution in [0, 0.1) is 0 Å². The van der Waals surface area contributed by atoms with Gasteiger partial charge in [0.15, 0.2) is 0 Å². The molecule has 0 spiro atoms. The van der Waals surface area contributed by atoms with Gasteiger partial charge in [-0.25, -0.2) is 0 Å². The number of amides is 1. The molecule has 1 N–H and O–H groups in total. The molecule has 0 aliphatic heterocycles. The Bertz CT molecular complexity index is 1140. The van der Waals surface area contributed by atoms with Crippen molar-refractivity contribution in [3.63, 3.8) is 0 Å². The van der Waals surface area contributed by atoms with Crippen LogP contribution in [0.4, 0.5) is 0 Å². The van der Waals surface area contributed by atoms with E-state index >= 15 is 0 Å². The number of aromatic nitrogens is 2. The number of carbonyl (C=O) groups excluding carboxylic acids is 1. The van der Waals surface area contributed by atoms with Crippen molar-refractivity contribution in [2.75, 3.05) is 20.3 Å². The molecule has 0 atom stereocenters. The number of ether oxygens (including phenoxy) is 2. The summed E-state index contributed by atoms with van der Waals surface area (Å²) in [6.07, 6.45) is 0. The number of methoxy groups -OCH3 is 1. The highest BCUT2D eigenvalue weighted by Crippen LogP contribution is 2.21. The molecule has 0 aliphatic carbocycles. The quantitative estimate of drug-likeness (QED) is 0.417. The molecule has 0 saturated carbocycles. The summed E-state index contributed by atoms with van der Waals surface area (Å²) in [6, 6.07) is 28.8. The molecule has 0 fully saturated rings. The van der Waals surface area contributed by atoms with E-state index in [9.17, 15) is 4.79 Å². The monoisotopic (exact) mass is 425 g/mol. The van der Waals surface area contributed by atoms with Crippen LogP contribution in [0.3, 0.4) is 0 Å². The van der Waals surface area contributed by atoms with Crippen molar-refractivity contribution in [2.24, 2.45) is 0 Å². The summed E-state index contributed by atoms with van der Waals surface area (Å²) in [4.78, 5) is 12.3. The fourth-order valence-corrected chi connectivity index (χ4v) is 3.18. The maximum absolute atomic E-state index is 12.3. The highest BCUT2D eigenvalue weighted by molar-refractivity contribution is 5.94. The molecule has 4 aromatic rings. The predicted molar refractivity (Wildman–Crippen MR) is 124 cm³/mol. The van der Waals surface area contributed by atoms with Gasteiger partial charge in [-0.2, -0.15) is 0 Å². The second-order valence-corrected chi connectivity index (χ2v) is 7.03. The number of nitrogens with one attached hydrogen (secondary N) is 1. The smallest absolute Gasteiger partial charge is 0.251 e. The van der Waals surface area contributed by atoms with Crippen molar-refractivity contribution in [3.8, 4) is 34.0 Å². The third-order valence-electron chi connectivity index (χ3n) is 4.92. The molecule has 1 heterocycles. The molecule has 0 radical (unpaired) electrons. The van der Waals surface area contributed by atoms with E-state index in [1.807, 2.05) is 84.9 Å². The molecule has 160 valence electrons. The van der Waals surface area contributed by atoms with Gasteiger partial charge in [-0.05, 0) is 53.6 Å². The molecule has 0 bridgehead atoms. The number of rotatable bonds is 8. The van der Waals surface area contributed by atoms with Gasteiger partial charge in [-0.1, -0.05) is 42.5 Å². The number of benzene rings is 3. The zero-order valence-corrected chi connectivity index (χ0v) is 17.7. The maximum Gasteiger partial charge on any atom is 0.251 e. The highest BCUT2D eigenvalue weighted by atomic mass is 16.5. The summed E-state index contributed by atoms with van der Waals surface area (Å²) in [5, 5.41) is 11.1. The number of hydrogen-bond donors (Lipinski definition) is 1. The van der Waals surface area contributed by atoms with Gasteiger partial charge in [0.1, 0.15) is 12.4 Å². The van der Waals surface area contributed by atoms with Crippen molar-refractivity contribution < 1.29 is 14.3 Å². The van der Waals surface area contributed by atoms with Crippen LogP contribution in [0.5, 0.6) is 11.6 Å². The molecule has 6 nitrogen and oxygen atoms in total. The lowest BCUT2D eigenvalue weighted by Crippen LogP contribution is -2.28. The molecular formula is C26H23N3O3. The third-order valence-corrected chi connectivity index (χ3v) is 4.92. The summed E-state index contributed by atoms with van der Waals surface area (Å²) in [6.45, 7) is 0.658. The first-order chi connectivity index (χ1) is 15.7. The van der Waals surface area contributed by atoms with Crippen LogP contribution in [0.15, 0.2) is 91.0 Å². The van der Waals surface area contributed by atoms with Crippen LogP contribution in [0.25, 0.3) is 22.4 Å². The van der Waals surface area contributed by atoms with Gasteiger partial charge in [-0.3, -0.25) is 4.79 Å². The van der Waals surface area contributed by atoms with E-state index in [0.29, 0.717) is 24.6 Å². The summed E-state index contributed by atoms with van der Waals surface area (Å²) in [5.41, 5.74) is 4.48. The van der Waals surface area contributed by atoms with Crippen molar-refractivity contribution >= 4 is 5.91 Å². The lowest BCUT2D eigenvalue weighted by atomic mass is 10.0. The Labute approximate surface area is 186 Å². The Morgan fingerprint density at radius 3 is 2.12 bits per heavy atom.